The van der Waals surface area contributed by atoms with Crippen LogP contribution in [0.4, 0.5) is 5.69 Å². The van der Waals surface area contributed by atoms with Crippen LogP contribution in [-0.2, 0) is 6.54 Å². The molecule has 102 valence electrons. The highest BCUT2D eigenvalue weighted by molar-refractivity contribution is 5.49. The Morgan fingerprint density at radius 1 is 1.05 bits per heavy atom. The fraction of sp³-hybridized carbons (Fsp3) is 0.0588. The van der Waals surface area contributed by atoms with Crippen molar-refractivity contribution in [1.82, 2.24) is 9.66 Å². The second-order valence-electron chi connectivity index (χ2n) is 4.64. The molecule has 0 saturated carbocycles. The Hall–Kier alpha value is -3.06. The van der Waals surface area contributed by atoms with Crippen molar-refractivity contribution in [3.63, 3.8) is 0 Å². The zero-order valence-corrected chi connectivity index (χ0v) is 11.4. The molecule has 0 unspecified atom stereocenters. The third-order valence-electron chi connectivity index (χ3n) is 3.24. The average molecular weight is 274 g/mol. The fourth-order valence-electron chi connectivity index (χ4n) is 2.17. The van der Waals surface area contributed by atoms with Crippen molar-refractivity contribution in [3.8, 4) is 6.07 Å². The first-order valence-electron chi connectivity index (χ1n) is 6.67. The molecule has 0 bridgehead atoms. The molecule has 2 aromatic carbocycles. The summed E-state index contributed by atoms with van der Waals surface area (Å²) in [6, 6.07) is 19.9. The van der Waals surface area contributed by atoms with E-state index in [0.717, 1.165) is 12.2 Å². The SMILES string of the molecule is N#Cc1ccc(N(Cc2ccccc2)n2ccnc2)cc1. The molecule has 0 aliphatic heterocycles. The molecular formula is C17H14N4. The quantitative estimate of drug-likeness (QED) is 0.733. The molecule has 0 aliphatic rings. The zero-order valence-electron chi connectivity index (χ0n) is 11.4. The van der Waals surface area contributed by atoms with E-state index in [2.05, 4.69) is 28.2 Å². The van der Waals surface area contributed by atoms with Crippen molar-refractivity contribution in [2.24, 2.45) is 0 Å². The van der Waals surface area contributed by atoms with Gasteiger partial charge in [-0.05, 0) is 29.8 Å². The van der Waals surface area contributed by atoms with E-state index < -0.39 is 0 Å². The van der Waals surface area contributed by atoms with E-state index in [1.165, 1.54) is 5.56 Å². The summed E-state index contributed by atoms with van der Waals surface area (Å²) >= 11 is 0. The number of hydrogen-bond acceptors (Lipinski definition) is 3. The van der Waals surface area contributed by atoms with Crippen LogP contribution in [0.5, 0.6) is 0 Å². The third kappa shape index (κ3) is 2.93. The Labute approximate surface area is 123 Å². The van der Waals surface area contributed by atoms with Gasteiger partial charge in [-0.3, -0.25) is 5.01 Å². The number of imidazole rings is 1. The van der Waals surface area contributed by atoms with Gasteiger partial charge in [-0.15, -0.1) is 0 Å². The molecule has 0 amide bonds. The van der Waals surface area contributed by atoms with E-state index >= 15 is 0 Å². The zero-order chi connectivity index (χ0) is 14.5. The molecule has 4 nitrogen and oxygen atoms in total. The minimum Gasteiger partial charge on any atom is -0.276 e. The third-order valence-corrected chi connectivity index (χ3v) is 3.24. The summed E-state index contributed by atoms with van der Waals surface area (Å²) < 4.78 is 1.94. The Morgan fingerprint density at radius 2 is 1.81 bits per heavy atom. The minimum absolute atomic E-state index is 0.657. The first kappa shape index (κ1) is 12.9. The second kappa shape index (κ2) is 5.93. The Balaban J connectivity index is 1.94. The predicted molar refractivity (Wildman–Crippen MR) is 81.4 cm³/mol. The van der Waals surface area contributed by atoms with Gasteiger partial charge in [0.1, 0.15) is 6.33 Å². The van der Waals surface area contributed by atoms with Crippen LogP contribution >= 0.6 is 0 Å². The van der Waals surface area contributed by atoms with Crippen LogP contribution in [0.15, 0.2) is 73.3 Å². The monoisotopic (exact) mass is 274 g/mol. The van der Waals surface area contributed by atoms with Crippen LogP contribution in [0.1, 0.15) is 11.1 Å². The van der Waals surface area contributed by atoms with Crippen LogP contribution in [-0.4, -0.2) is 9.66 Å². The number of hydrogen-bond donors (Lipinski definition) is 0. The lowest BCUT2D eigenvalue weighted by molar-refractivity contribution is 0.688. The summed E-state index contributed by atoms with van der Waals surface area (Å²) in [4.78, 5) is 4.11. The van der Waals surface area contributed by atoms with Crippen LogP contribution in [0.3, 0.4) is 0 Å². The van der Waals surface area contributed by atoms with Crippen molar-refractivity contribution in [2.75, 3.05) is 5.01 Å². The molecule has 3 aromatic rings. The van der Waals surface area contributed by atoms with Crippen LogP contribution in [0.25, 0.3) is 0 Å². The molecule has 0 fully saturated rings. The molecule has 1 heterocycles. The van der Waals surface area contributed by atoms with E-state index in [4.69, 9.17) is 5.26 Å². The standard InChI is InChI=1S/C17H14N4/c18-12-15-6-8-17(9-7-15)21(20-11-10-19-14-20)13-16-4-2-1-3-5-16/h1-11,14H,13H2. The van der Waals surface area contributed by atoms with Gasteiger partial charge in [-0.2, -0.15) is 5.26 Å². The lowest BCUT2D eigenvalue weighted by Crippen LogP contribution is -2.27. The van der Waals surface area contributed by atoms with E-state index in [-0.39, 0.29) is 0 Å². The topological polar surface area (TPSA) is 44.9 Å². The van der Waals surface area contributed by atoms with Gasteiger partial charge in [-0.1, -0.05) is 30.3 Å². The summed E-state index contributed by atoms with van der Waals surface area (Å²) in [6.45, 7) is 0.725. The van der Waals surface area contributed by atoms with Gasteiger partial charge in [0, 0.05) is 12.4 Å². The molecular weight excluding hydrogens is 260 g/mol. The van der Waals surface area contributed by atoms with Gasteiger partial charge < -0.3 is 0 Å². The van der Waals surface area contributed by atoms with Crippen molar-refractivity contribution in [2.45, 2.75) is 6.54 Å². The lowest BCUT2D eigenvalue weighted by Gasteiger charge is -2.25. The van der Waals surface area contributed by atoms with Crippen molar-refractivity contribution in [1.29, 1.82) is 5.26 Å². The first-order valence-corrected chi connectivity index (χ1v) is 6.67. The van der Waals surface area contributed by atoms with Gasteiger partial charge >= 0.3 is 0 Å². The average Bonchev–Trinajstić information content (AvgIpc) is 3.08. The molecule has 0 saturated heterocycles. The maximum atomic E-state index is 8.91. The van der Waals surface area contributed by atoms with Gasteiger partial charge in [0.15, 0.2) is 0 Å². The Kier molecular flexibility index (Phi) is 3.66. The predicted octanol–water partition coefficient (Wildman–Crippen LogP) is 3.22. The molecule has 0 spiro atoms. The molecule has 0 aliphatic carbocycles. The highest BCUT2D eigenvalue weighted by Gasteiger charge is 2.09. The molecule has 4 heteroatoms. The van der Waals surface area contributed by atoms with Gasteiger partial charge in [0.25, 0.3) is 0 Å². The highest BCUT2D eigenvalue weighted by Crippen LogP contribution is 2.19. The van der Waals surface area contributed by atoms with Crippen molar-refractivity contribution >= 4 is 5.69 Å². The summed E-state index contributed by atoms with van der Waals surface area (Å²) in [5, 5.41) is 11.0. The van der Waals surface area contributed by atoms with E-state index in [0.29, 0.717) is 5.56 Å². The van der Waals surface area contributed by atoms with Crippen LogP contribution < -0.4 is 5.01 Å². The Bertz CT molecular complexity index is 725. The number of rotatable bonds is 4. The Morgan fingerprint density at radius 3 is 2.43 bits per heavy atom. The van der Waals surface area contributed by atoms with Gasteiger partial charge in [0.2, 0.25) is 0 Å². The second-order valence-corrected chi connectivity index (χ2v) is 4.64. The summed E-state index contributed by atoms with van der Waals surface area (Å²) in [7, 11) is 0. The molecule has 0 N–H and O–H groups in total. The summed E-state index contributed by atoms with van der Waals surface area (Å²) in [5.41, 5.74) is 2.87. The smallest absolute Gasteiger partial charge is 0.114 e. The van der Waals surface area contributed by atoms with Crippen LogP contribution in [0.2, 0.25) is 0 Å². The highest BCUT2D eigenvalue weighted by atomic mass is 15.5. The van der Waals surface area contributed by atoms with Crippen molar-refractivity contribution in [3.05, 3.63) is 84.4 Å². The van der Waals surface area contributed by atoms with Crippen LogP contribution in [0, 0.1) is 11.3 Å². The summed E-state index contributed by atoms with van der Waals surface area (Å²) in [5.74, 6) is 0. The minimum atomic E-state index is 0.657. The maximum absolute atomic E-state index is 8.91. The number of anilines is 1. The lowest BCUT2D eigenvalue weighted by atomic mass is 10.2. The molecule has 21 heavy (non-hydrogen) atoms. The maximum Gasteiger partial charge on any atom is 0.114 e. The summed E-state index contributed by atoms with van der Waals surface area (Å²) in [6.07, 6.45) is 5.42. The van der Waals surface area contributed by atoms with E-state index in [9.17, 15) is 0 Å². The molecule has 0 atom stereocenters. The van der Waals surface area contributed by atoms with Crippen molar-refractivity contribution < 1.29 is 0 Å². The number of benzene rings is 2. The largest absolute Gasteiger partial charge is 0.276 e. The number of nitrogens with zero attached hydrogens (tertiary/aromatic N) is 4. The number of aromatic nitrogens is 2. The normalized spacial score (nSPS) is 10.0. The van der Waals surface area contributed by atoms with Gasteiger partial charge in [-0.25, -0.2) is 9.66 Å². The molecule has 0 radical (unpaired) electrons. The molecule has 3 rings (SSSR count). The fourth-order valence-corrected chi connectivity index (χ4v) is 2.17. The van der Waals surface area contributed by atoms with E-state index in [1.807, 2.05) is 53.3 Å². The van der Waals surface area contributed by atoms with E-state index in [1.54, 1.807) is 12.5 Å². The molecule has 1 aromatic heterocycles. The number of nitriles is 1. The first-order chi connectivity index (χ1) is 10.4. The van der Waals surface area contributed by atoms with Gasteiger partial charge in [0.05, 0.1) is 23.9 Å².